The highest BCUT2D eigenvalue weighted by Crippen LogP contribution is 2.34. The third-order valence-corrected chi connectivity index (χ3v) is 3.66. The van der Waals surface area contributed by atoms with Crippen LogP contribution in [0.1, 0.15) is 11.3 Å². The Kier molecular flexibility index (Phi) is 4.09. The topological polar surface area (TPSA) is 119 Å². The number of halogens is 1. The average Bonchev–Trinajstić information content (AvgIpc) is 2.56. The molecule has 0 fully saturated rings. The summed E-state index contributed by atoms with van der Waals surface area (Å²) in [5, 5.41) is 20.7. The van der Waals surface area contributed by atoms with E-state index in [1.807, 2.05) is 0 Å². The molecule has 0 spiro atoms. The van der Waals surface area contributed by atoms with Crippen LogP contribution in [0.25, 0.3) is 11.0 Å². The zero-order valence-electron chi connectivity index (χ0n) is 12.6. The maximum atomic E-state index is 11.5. The minimum absolute atomic E-state index is 0.0570. The van der Waals surface area contributed by atoms with E-state index in [1.54, 1.807) is 19.1 Å². The summed E-state index contributed by atoms with van der Waals surface area (Å²) < 4.78 is 10.6. The number of aromatic nitrogens is 1. The van der Waals surface area contributed by atoms with Gasteiger partial charge in [0.2, 0.25) is 11.6 Å². The second kappa shape index (κ2) is 6.22. The number of nitrogens with zero attached hydrogens (tertiary/aromatic N) is 3. The zero-order valence-corrected chi connectivity index (χ0v) is 13.4. The Morgan fingerprint density at radius 2 is 2.12 bits per heavy atom. The molecule has 0 N–H and O–H groups in total. The number of pyridine rings is 1. The number of hydrogen-bond acceptors (Lipinski definition) is 7. The first-order valence-corrected chi connectivity index (χ1v) is 7.24. The lowest BCUT2D eigenvalue weighted by molar-refractivity contribution is -0.385. The summed E-state index contributed by atoms with van der Waals surface area (Å²) in [6, 6.07) is 8.32. The third-order valence-electron chi connectivity index (χ3n) is 3.37. The van der Waals surface area contributed by atoms with Gasteiger partial charge >= 0.3 is 11.3 Å². The van der Waals surface area contributed by atoms with Gasteiger partial charge < -0.3 is 9.15 Å². The number of benzene rings is 1. The fourth-order valence-electron chi connectivity index (χ4n) is 2.23. The second-order valence-electron chi connectivity index (χ2n) is 5.02. The largest absolute Gasteiger partial charge is 0.437 e. The Morgan fingerprint density at radius 1 is 1.36 bits per heavy atom. The van der Waals surface area contributed by atoms with Crippen molar-refractivity contribution in [1.82, 2.24) is 4.98 Å². The highest BCUT2D eigenvalue weighted by molar-refractivity contribution is 6.32. The van der Waals surface area contributed by atoms with Gasteiger partial charge in [0.15, 0.2) is 5.75 Å². The molecule has 3 rings (SSSR count). The Bertz CT molecular complexity index is 1120. The Balaban J connectivity index is 2.06. The summed E-state index contributed by atoms with van der Waals surface area (Å²) in [6.07, 6.45) is 0. The molecule has 0 saturated carbocycles. The first kappa shape index (κ1) is 16.4. The minimum atomic E-state index is -0.713. The molecule has 25 heavy (non-hydrogen) atoms. The zero-order chi connectivity index (χ0) is 18.1. The van der Waals surface area contributed by atoms with Crippen LogP contribution in [0.5, 0.6) is 11.6 Å². The molecule has 3 aromatic rings. The van der Waals surface area contributed by atoms with Gasteiger partial charge in [-0.15, -0.1) is 0 Å². The molecule has 0 aliphatic heterocycles. The van der Waals surface area contributed by atoms with Crippen molar-refractivity contribution in [2.75, 3.05) is 0 Å². The molecule has 0 saturated heterocycles. The summed E-state index contributed by atoms with van der Waals surface area (Å²) in [6.45, 7) is 1.74. The van der Waals surface area contributed by atoms with Gasteiger partial charge in [-0.1, -0.05) is 11.6 Å². The van der Waals surface area contributed by atoms with Crippen molar-refractivity contribution in [3.8, 4) is 17.7 Å². The quantitative estimate of drug-likeness (QED) is 0.398. The summed E-state index contributed by atoms with van der Waals surface area (Å²) in [4.78, 5) is 25.4. The molecule has 0 aliphatic carbocycles. The van der Waals surface area contributed by atoms with E-state index in [4.69, 9.17) is 26.0 Å². The number of ether oxygens (including phenoxy) is 1. The highest BCUT2D eigenvalue weighted by Gasteiger charge is 2.17. The molecule has 2 aromatic heterocycles. The van der Waals surface area contributed by atoms with Crippen molar-refractivity contribution >= 4 is 28.3 Å². The molecule has 8 nitrogen and oxygen atoms in total. The summed E-state index contributed by atoms with van der Waals surface area (Å²) in [7, 11) is 0. The maximum absolute atomic E-state index is 11.5. The average molecular weight is 358 g/mol. The van der Waals surface area contributed by atoms with Crippen LogP contribution in [0.3, 0.4) is 0 Å². The lowest BCUT2D eigenvalue weighted by atomic mass is 10.1. The molecular formula is C16H8ClN3O5. The van der Waals surface area contributed by atoms with Gasteiger partial charge in [-0.3, -0.25) is 10.1 Å². The van der Waals surface area contributed by atoms with Gasteiger partial charge in [0.25, 0.3) is 0 Å². The van der Waals surface area contributed by atoms with Gasteiger partial charge in [0.05, 0.1) is 9.95 Å². The van der Waals surface area contributed by atoms with Crippen LogP contribution in [0, 0.1) is 28.4 Å². The molecule has 0 radical (unpaired) electrons. The van der Waals surface area contributed by atoms with Gasteiger partial charge in [0.1, 0.15) is 11.7 Å². The van der Waals surface area contributed by atoms with E-state index in [0.717, 1.165) is 6.07 Å². The fourth-order valence-corrected chi connectivity index (χ4v) is 2.43. The van der Waals surface area contributed by atoms with Crippen LogP contribution in [-0.2, 0) is 0 Å². The monoisotopic (exact) mass is 357 g/mol. The number of nitro groups is 1. The van der Waals surface area contributed by atoms with Crippen LogP contribution < -0.4 is 10.4 Å². The molecule has 9 heteroatoms. The Morgan fingerprint density at radius 3 is 2.80 bits per heavy atom. The molecule has 0 unspecified atom stereocenters. The number of fused-ring (bicyclic) bond motifs is 1. The molecule has 0 bridgehead atoms. The van der Waals surface area contributed by atoms with Crippen LogP contribution in [-0.4, -0.2) is 9.91 Å². The number of rotatable bonds is 3. The third kappa shape index (κ3) is 3.13. The predicted octanol–water partition coefficient (Wildman–Crippen LogP) is 3.72. The van der Waals surface area contributed by atoms with Gasteiger partial charge in [-0.25, -0.2) is 4.79 Å². The lowest BCUT2D eigenvalue weighted by Gasteiger charge is -2.09. The smallest absolute Gasteiger partial charge is 0.336 e. The highest BCUT2D eigenvalue weighted by atomic mass is 35.5. The van der Waals surface area contributed by atoms with E-state index in [-0.39, 0.29) is 27.9 Å². The maximum Gasteiger partial charge on any atom is 0.336 e. The van der Waals surface area contributed by atoms with Gasteiger partial charge in [0, 0.05) is 29.7 Å². The van der Waals surface area contributed by atoms with Gasteiger partial charge in [-0.2, -0.15) is 10.2 Å². The first-order chi connectivity index (χ1) is 11.9. The van der Waals surface area contributed by atoms with Crippen molar-refractivity contribution in [3.63, 3.8) is 0 Å². The number of nitriles is 1. The SMILES string of the molecule is Cc1cc(=O)oc2cc(Oc3ccc([N+](=O)[O-])c(C#N)n3)c(Cl)cc12. The summed E-state index contributed by atoms with van der Waals surface area (Å²) in [5.74, 6) is 0.0755. The fraction of sp³-hybridized carbons (Fsp3) is 0.0625. The molecule has 124 valence electrons. The van der Waals surface area contributed by atoms with Crippen LogP contribution in [0.2, 0.25) is 5.02 Å². The standard InChI is InChI=1S/C16H8ClN3O5/c1-8-4-16(21)25-13-6-14(10(17)5-9(8)13)24-15-3-2-12(20(22)23)11(7-18)19-15/h2-6H,1H3. The van der Waals surface area contributed by atoms with E-state index in [1.165, 1.54) is 18.2 Å². The van der Waals surface area contributed by atoms with E-state index in [0.29, 0.717) is 10.9 Å². The minimum Gasteiger partial charge on any atom is -0.437 e. The molecule has 2 heterocycles. The number of hydrogen-bond donors (Lipinski definition) is 0. The van der Waals surface area contributed by atoms with E-state index < -0.39 is 16.2 Å². The lowest BCUT2D eigenvalue weighted by Crippen LogP contribution is -1.99. The number of aryl methyl sites for hydroxylation is 1. The van der Waals surface area contributed by atoms with Crippen molar-refractivity contribution in [1.29, 1.82) is 5.26 Å². The van der Waals surface area contributed by atoms with Crippen LogP contribution >= 0.6 is 11.6 Å². The summed E-state index contributed by atoms with van der Waals surface area (Å²) in [5.41, 5.74) is -0.367. The van der Waals surface area contributed by atoms with E-state index in [9.17, 15) is 14.9 Å². The van der Waals surface area contributed by atoms with E-state index >= 15 is 0 Å². The second-order valence-corrected chi connectivity index (χ2v) is 5.42. The van der Waals surface area contributed by atoms with Crippen molar-refractivity contribution < 1.29 is 14.1 Å². The van der Waals surface area contributed by atoms with Crippen molar-refractivity contribution in [2.45, 2.75) is 6.92 Å². The van der Waals surface area contributed by atoms with Crippen molar-refractivity contribution in [2.24, 2.45) is 0 Å². The Labute approximate surface area is 145 Å². The summed E-state index contributed by atoms with van der Waals surface area (Å²) >= 11 is 6.17. The van der Waals surface area contributed by atoms with Crippen LogP contribution in [0.4, 0.5) is 5.69 Å². The molecule has 0 aliphatic rings. The normalized spacial score (nSPS) is 10.4. The van der Waals surface area contributed by atoms with E-state index in [2.05, 4.69) is 4.98 Å². The first-order valence-electron chi connectivity index (χ1n) is 6.86. The Hall–Kier alpha value is -3.44. The molecule has 0 amide bonds. The molecule has 0 atom stereocenters. The van der Waals surface area contributed by atoms with Crippen molar-refractivity contribution in [3.05, 3.63) is 67.1 Å². The van der Waals surface area contributed by atoms with Crippen LogP contribution in [0.15, 0.2) is 39.5 Å². The van der Waals surface area contributed by atoms with Gasteiger partial charge in [-0.05, 0) is 18.6 Å². The molecule has 1 aromatic carbocycles. The molecular weight excluding hydrogens is 350 g/mol. The predicted molar refractivity (Wildman–Crippen MR) is 87.9 cm³/mol.